The van der Waals surface area contributed by atoms with Crippen molar-refractivity contribution in [2.24, 2.45) is 0 Å². The third-order valence-electron chi connectivity index (χ3n) is 5.72. The Bertz CT molecular complexity index is 1110. The first-order valence-electron chi connectivity index (χ1n) is 10.8. The van der Waals surface area contributed by atoms with Crippen LogP contribution >= 0.6 is 0 Å². The molecule has 1 aliphatic heterocycles. The third kappa shape index (κ3) is 4.58. The van der Waals surface area contributed by atoms with Crippen LogP contribution in [0.25, 0.3) is 0 Å². The second kappa shape index (κ2) is 8.97. The van der Waals surface area contributed by atoms with Crippen molar-refractivity contribution in [3.63, 3.8) is 0 Å². The van der Waals surface area contributed by atoms with Crippen molar-refractivity contribution in [2.75, 3.05) is 5.32 Å². The molecule has 1 aliphatic rings. The Morgan fingerprint density at radius 2 is 1.66 bits per heavy atom. The smallest absolute Gasteiger partial charge is 0.271 e. The van der Waals surface area contributed by atoms with Crippen molar-refractivity contribution in [1.82, 2.24) is 5.06 Å². The minimum atomic E-state index is -0.898. The van der Waals surface area contributed by atoms with Gasteiger partial charge in [0.25, 0.3) is 5.91 Å². The molecule has 0 aliphatic carbocycles. The van der Waals surface area contributed by atoms with E-state index in [-0.39, 0.29) is 24.7 Å². The summed E-state index contributed by atoms with van der Waals surface area (Å²) in [5, 5.41) is 4.77. The van der Waals surface area contributed by atoms with Gasteiger partial charge in [0.05, 0.1) is 6.04 Å². The number of benzene rings is 3. The van der Waals surface area contributed by atoms with Gasteiger partial charge < -0.3 is 5.32 Å². The number of nitrogens with one attached hydrogen (secondary N) is 1. The molecule has 0 aromatic heterocycles. The summed E-state index contributed by atoms with van der Waals surface area (Å²) in [4.78, 5) is 32.9. The standard InChI is InChI=1S/C27H28N2O3/c1-19-14-15-23-22(16-19)24(17-25(30)21-12-8-5-9-13-21)29(26(31)27(2,3)28-23)32-18-20-10-6-4-7-11-20/h4-16,24,28H,17-18H2,1-3H3/t24-/m1/s1. The number of Topliss-reactive ketones (excluding diaryl/α,β-unsaturated/α-hetero) is 1. The van der Waals surface area contributed by atoms with Gasteiger partial charge in [-0.05, 0) is 32.4 Å². The largest absolute Gasteiger partial charge is 0.371 e. The highest BCUT2D eigenvalue weighted by molar-refractivity contribution is 5.97. The first-order valence-corrected chi connectivity index (χ1v) is 10.8. The van der Waals surface area contributed by atoms with E-state index in [1.807, 2.05) is 87.5 Å². The molecule has 3 aromatic rings. The number of aryl methyl sites for hydroxylation is 1. The molecule has 0 unspecified atom stereocenters. The minimum absolute atomic E-state index is 0.0381. The molecule has 0 bridgehead atoms. The molecular weight excluding hydrogens is 400 g/mol. The Morgan fingerprint density at radius 1 is 1.00 bits per heavy atom. The molecule has 0 saturated heterocycles. The molecule has 5 nitrogen and oxygen atoms in total. The molecule has 1 heterocycles. The summed E-state index contributed by atoms with van der Waals surface area (Å²) < 4.78 is 0. The van der Waals surface area contributed by atoms with E-state index in [4.69, 9.17) is 4.84 Å². The maximum atomic E-state index is 13.6. The number of carbonyl (C=O) groups is 2. The van der Waals surface area contributed by atoms with Crippen LogP contribution in [-0.2, 0) is 16.2 Å². The molecule has 0 radical (unpaired) electrons. The van der Waals surface area contributed by atoms with Crippen molar-refractivity contribution in [1.29, 1.82) is 0 Å². The number of hydroxylamine groups is 2. The maximum absolute atomic E-state index is 13.6. The molecular formula is C27H28N2O3. The third-order valence-corrected chi connectivity index (χ3v) is 5.72. The number of anilines is 1. The summed E-state index contributed by atoms with van der Waals surface area (Å²) in [5.74, 6) is -0.253. The van der Waals surface area contributed by atoms with E-state index in [0.717, 1.165) is 22.4 Å². The van der Waals surface area contributed by atoms with E-state index >= 15 is 0 Å². The lowest BCUT2D eigenvalue weighted by Gasteiger charge is -2.33. The predicted octanol–water partition coefficient (Wildman–Crippen LogP) is 5.47. The fourth-order valence-electron chi connectivity index (χ4n) is 3.98. The van der Waals surface area contributed by atoms with Crippen LogP contribution in [0.4, 0.5) is 5.69 Å². The van der Waals surface area contributed by atoms with Crippen molar-refractivity contribution >= 4 is 17.4 Å². The second-order valence-corrected chi connectivity index (χ2v) is 8.74. The van der Waals surface area contributed by atoms with Gasteiger partial charge in [-0.2, -0.15) is 0 Å². The van der Waals surface area contributed by atoms with Crippen LogP contribution in [0.5, 0.6) is 0 Å². The van der Waals surface area contributed by atoms with Crippen LogP contribution in [-0.4, -0.2) is 22.3 Å². The molecule has 0 saturated carbocycles. The molecule has 3 aromatic carbocycles. The average Bonchev–Trinajstić information content (AvgIpc) is 2.87. The van der Waals surface area contributed by atoms with E-state index in [0.29, 0.717) is 5.56 Å². The minimum Gasteiger partial charge on any atom is -0.371 e. The topological polar surface area (TPSA) is 58.6 Å². The number of fused-ring (bicyclic) bond motifs is 1. The normalized spacial score (nSPS) is 17.3. The molecule has 4 rings (SSSR count). The van der Waals surface area contributed by atoms with Crippen LogP contribution in [0.2, 0.25) is 0 Å². The van der Waals surface area contributed by atoms with Crippen molar-refractivity contribution in [3.05, 3.63) is 101 Å². The highest BCUT2D eigenvalue weighted by atomic mass is 16.7. The Morgan fingerprint density at radius 3 is 2.34 bits per heavy atom. The van der Waals surface area contributed by atoms with Crippen molar-refractivity contribution in [3.8, 4) is 0 Å². The van der Waals surface area contributed by atoms with E-state index in [1.54, 1.807) is 12.1 Å². The highest BCUT2D eigenvalue weighted by Crippen LogP contribution is 2.39. The zero-order chi connectivity index (χ0) is 22.7. The molecule has 0 fully saturated rings. The maximum Gasteiger partial charge on any atom is 0.271 e. The lowest BCUT2D eigenvalue weighted by atomic mass is 9.95. The number of hydrogen-bond acceptors (Lipinski definition) is 4. The Labute approximate surface area is 189 Å². The molecule has 5 heteroatoms. The molecule has 1 N–H and O–H groups in total. The van der Waals surface area contributed by atoms with E-state index in [9.17, 15) is 9.59 Å². The molecule has 1 amide bonds. The summed E-state index contributed by atoms with van der Waals surface area (Å²) in [6.07, 6.45) is 0.124. The molecule has 0 spiro atoms. The lowest BCUT2D eigenvalue weighted by Crippen LogP contribution is -2.49. The van der Waals surface area contributed by atoms with Gasteiger partial charge in [-0.1, -0.05) is 78.4 Å². The van der Waals surface area contributed by atoms with Crippen LogP contribution in [0.15, 0.2) is 78.9 Å². The zero-order valence-corrected chi connectivity index (χ0v) is 18.7. The van der Waals surface area contributed by atoms with Crippen LogP contribution < -0.4 is 5.32 Å². The highest BCUT2D eigenvalue weighted by Gasteiger charge is 2.42. The number of rotatable bonds is 6. The monoisotopic (exact) mass is 428 g/mol. The summed E-state index contributed by atoms with van der Waals surface area (Å²) >= 11 is 0. The Balaban J connectivity index is 1.74. The van der Waals surface area contributed by atoms with Crippen LogP contribution in [0.3, 0.4) is 0 Å². The van der Waals surface area contributed by atoms with Gasteiger partial charge in [0.1, 0.15) is 12.1 Å². The number of carbonyl (C=O) groups excluding carboxylic acids is 2. The Hall–Kier alpha value is -3.44. The lowest BCUT2D eigenvalue weighted by molar-refractivity contribution is -0.209. The summed E-state index contributed by atoms with van der Waals surface area (Å²) in [5.41, 5.74) is 3.44. The van der Waals surface area contributed by atoms with Gasteiger partial charge in [0.2, 0.25) is 0 Å². The predicted molar refractivity (Wildman–Crippen MR) is 125 cm³/mol. The molecule has 164 valence electrons. The van der Waals surface area contributed by atoms with E-state index in [2.05, 4.69) is 5.32 Å². The fourth-order valence-corrected chi connectivity index (χ4v) is 3.98. The van der Waals surface area contributed by atoms with E-state index in [1.165, 1.54) is 5.06 Å². The number of hydrogen-bond donors (Lipinski definition) is 1. The van der Waals surface area contributed by atoms with Crippen LogP contribution in [0, 0.1) is 6.92 Å². The van der Waals surface area contributed by atoms with Gasteiger partial charge >= 0.3 is 0 Å². The summed E-state index contributed by atoms with van der Waals surface area (Å²) in [6.45, 7) is 5.90. The van der Waals surface area contributed by atoms with Gasteiger partial charge in [-0.15, -0.1) is 0 Å². The first-order chi connectivity index (χ1) is 15.3. The second-order valence-electron chi connectivity index (χ2n) is 8.74. The Kier molecular flexibility index (Phi) is 6.10. The van der Waals surface area contributed by atoms with E-state index < -0.39 is 11.6 Å². The molecule has 32 heavy (non-hydrogen) atoms. The number of amides is 1. The quantitative estimate of drug-likeness (QED) is 0.529. The van der Waals surface area contributed by atoms with Crippen molar-refractivity contribution in [2.45, 2.75) is 45.4 Å². The SMILES string of the molecule is Cc1ccc2c(c1)[C@@H](CC(=O)c1ccccc1)N(OCc1ccccc1)C(=O)C(C)(C)N2. The molecule has 1 atom stereocenters. The van der Waals surface area contributed by atoms with Gasteiger partial charge in [-0.3, -0.25) is 14.4 Å². The van der Waals surface area contributed by atoms with Crippen LogP contribution in [0.1, 0.15) is 53.4 Å². The van der Waals surface area contributed by atoms with Gasteiger partial charge in [0.15, 0.2) is 5.78 Å². The first kappa shape index (κ1) is 21.8. The summed E-state index contributed by atoms with van der Waals surface area (Å²) in [6, 6.07) is 24.3. The average molecular weight is 429 g/mol. The number of nitrogens with zero attached hydrogens (tertiary/aromatic N) is 1. The van der Waals surface area contributed by atoms with Gasteiger partial charge in [-0.25, -0.2) is 5.06 Å². The zero-order valence-electron chi connectivity index (χ0n) is 18.7. The summed E-state index contributed by atoms with van der Waals surface area (Å²) in [7, 11) is 0. The fraction of sp³-hybridized carbons (Fsp3) is 0.259. The van der Waals surface area contributed by atoms with Crippen molar-refractivity contribution < 1.29 is 14.4 Å². The van der Waals surface area contributed by atoms with Gasteiger partial charge in [0, 0.05) is 23.2 Å². The number of ketones is 1.